The molecule has 13 heavy (non-hydrogen) atoms. The number of aryl methyl sites for hydroxylation is 1. The smallest absolute Gasteiger partial charge is 0.00454 e. The Morgan fingerprint density at radius 2 is 2.00 bits per heavy atom. The minimum Gasteiger partial charge on any atom is -0.149 e. The van der Waals surface area contributed by atoms with Crippen molar-refractivity contribution in [3.05, 3.63) is 22.4 Å². The van der Waals surface area contributed by atoms with Crippen molar-refractivity contribution in [2.45, 2.75) is 46.5 Å². The van der Waals surface area contributed by atoms with Crippen LogP contribution in [0.3, 0.4) is 0 Å². The summed E-state index contributed by atoms with van der Waals surface area (Å²) >= 11 is 1.88. The molecule has 0 saturated carbocycles. The van der Waals surface area contributed by atoms with E-state index in [1.807, 2.05) is 11.3 Å². The van der Waals surface area contributed by atoms with Crippen molar-refractivity contribution in [3.63, 3.8) is 0 Å². The van der Waals surface area contributed by atoms with Crippen LogP contribution < -0.4 is 0 Å². The average molecular weight is 196 g/mol. The highest BCUT2D eigenvalue weighted by atomic mass is 32.1. The molecule has 0 spiro atoms. The van der Waals surface area contributed by atoms with E-state index in [2.05, 4.69) is 38.3 Å². The van der Waals surface area contributed by atoms with Crippen molar-refractivity contribution in [3.8, 4) is 0 Å². The molecule has 1 aromatic heterocycles. The third-order valence-corrected chi connectivity index (χ3v) is 4.20. The second-order valence-corrected chi connectivity index (χ2v) is 5.13. The average Bonchev–Trinajstić information content (AvgIpc) is 2.67. The minimum atomic E-state index is 0.560. The number of hydrogen-bond acceptors (Lipinski definition) is 1. The molecule has 0 N–H and O–H groups in total. The zero-order chi connectivity index (χ0) is 9.73. The van der Waals surface area contributed by atoms with Crippen LogP contribution in [0.2, 0.25) is 0 Å². The lowest BCUT2D eigenvalue weighted by Gasteiger charge is -2.26. The lowest BCUT2D eigenvalue weighted by molar-refractivity contribution is 0.274. The minimum absolute atomic E-state index is 0.560. The van der Waals surface area contributed by atoms with Gasteiger partial charge in [0.1, 0.15) is 0 Å². The van der Waals surface area contributed by atoms with Crippen molar-refractivity contribution in [2.24, 2.45) is 5.41 Å². The fraction of sp³-hybridized carbons (Fsp3) is 0.667. The SMILES string of the molecule is CCC(C)(CC)CCc1cccs1. The van der Waals surface area contributed by atoms with E-state index in [-0.39, 0.29) is 0 Å². The predicted molar refractivity (Wildman–Crippen MR) is 61.3 cm³/mol. The normalized spacial score (nSPS) is 11.9. The summed E-state index contributed by atoms with van der Waals surface area (Å²) in [5.74, 6) is 0. The molecule has 74 valence electrons. The molecule has 1 rings (SSSR count). The molecule has 0 saturated heterocycles. The molecule has 0 bridgehead atoms. The van der Waals surface area contributed by atoms with Gasteiger partial charge in [0.2, 0.25) is 0 Å². The first-order chi connectivity index (χ1) is 6.20. The molecule has 1 aromatic rings. The Morgan fingerprint density at radius 1 is 1.31 bits per heavy atom. The maximum absolute atomic E-state index is 2.40. The second kappa shape index (κ2) is 4.80. The van der Waals surface area contributed by atoms with Crippen LogP contribution in [0, 0.1) is 5.41 Å². The Morgan fingerprint density at radius 3 is 2.46 bits per heavy atom. The Labute approximate surface area is 86.0 Å². The number of rotatable bonds is 5. The fourth-order valence-electron chi connectivity index (χ4n) is 1.48. The summed E-state index contributed by atoms with van der Waals surface area (Å²) < 4.78 is 0. The molecule has 1 heteroatoms. The van der Waals surface area contributed by atoms with Gasteiger partial charge in [0, 0.05) is 4.88 Å². The van der Waals surface area contributed by atoms with Gasteiger partial charge in [0.15, 0.2) is 0 Å². The van der Waals surface area contributed by atoms with Crippen molar-refractivity contribution in [1.82, 2.24) is 0 Å². The third-order valence-electron chi connectivity index (χ3n) is 3.26. The molecule has 0 amide bonds. The zero-order valence-corrected chi connectivity index (χ0v) is 9.79. The number of hydrogen-bond donors (Lipinski definition) is 0. The van der Waals surface area contributed by atoms with E-state index in [0.717, 1.165) is 0 Å². The maximum Gasteiger partial charge on any atom is 0.00454 e. The quantitative estimate of drug-likeness (QED) is 0.650. The molecule has 1 heterocycles. The van der Waals surface area contributed by atoms with Gasteiger partial charge in [0.05, 0.1) is 0 Å². The largest absolute Gasteiger partial charge is 0.149 e. The molecule has 0 fully saturated rings. The molecule has 0 aliphatic carbocycles. The molecule has 0 aliphatic rings. The van der Waals surface area contributed by atoms with Gasteiger partial charge >= 0.3 is 0 Å². The van der Waals surface area contributed by atoms with Crippen molar-refractivity contribution < 1.29 is 0 Å². The topological polar surface area (TPSA) is 0 Å². The monoisotopic (exact) mass is 196 g/mol. The molecule has 0 radical (unpaired) electrons. The van der Waals surface area contributed by atoms with E-state index < -0.39 is 0 Å². The van der Waals surface area contributed by atoms with E-state index >= 15 is 0 Å². The van der Waals surface area contributed by atoms with Gasteiger partial charge in [-0.15, -0.1) is 11.3 Å². The van der Waals surface area contributed by atoms with Gasteiger partial charge in [-0.25, -0.2) is 0 Å². The van der Waals surface area contributed by atoms with Crippen LogP contribution in [-0.4, -0.2) is 0 Å². The Balaban J connectivity index is 2.41. The highest BCUT2D eigenvalue weighted by molar-refractivity contribution is 7.09. The van der Waals surface area contributed by atoms with E-state index in [9.17, 15) is 0 Å². The molecule has 0 nitrogen and oxygen atoms in total. The molecule has 0 aliphatic heterocycles. The molecular weight excluding hydrogens is 176 g/mol. The standard InChI is InChI=1S/C12H20S/c1-4-12(3,5-2)9-8-11-7-6-10-13-11/h6-7,10H,4-5,8-9H2,1-3H3. The Bertz CT molecular complexity index is 219. The van der Waals surface area contributed by atoms with Crippen LogP contribution in [0.4, 0.5) is 0 Å². The summed E-state index contributed by atoms with van der Waals surface area (Å²) in [5.41, 5.74) is 0.560. The van der Waals surface area contributed by atoms with Crippen LogP contribution in [0.5, 0.6) is 0 Å². The van der Waals surface area contributed by atoms with Crippen molar-refractivity contribution in [1.29, 1.82) is 0 Å². The summed E-state index contributed by atoms with van der Waals surface area (Å²) in [5, 5.41) is 2.17. The summed E-state index contributed by atoms with van der Waals surface area (Å²) in [6.07, 6.45) is 5.19. The van der Waals surface area contributed by atoms with Gasteiger partial charge in [-0.2, -0.15) is 0 Å². The van der Waals surface area contributed by atoms with Crippen LogP contribution >= 0.6 is 11.3 Å². The lowest BCUT2D eigenvalue weighted by atomic mass is 9.80. The van der Waals surface area contributed by atoms with Crippen LogP contribution in [-0.2, 0) is 6.42 Å². The second-order valence-electron chi connectivity index (χ2n) is 4.10. The molecule has 0 aromatic carbocycles. The fourth-order valence-corrected chi connectivity index (χ4v) is 2.19. The molecule has 0 atom stereocenters. The first kappa shape index (κ1) is 10.8. The Hall–Kier alpha value is -0.300. The van der Waals surface area contributed by atoms with Gasteiger partial charge < -0.3 is 0 Å². The zero-order valence-electron chi connectivity index (χ0n) is 8.97. The van der Waals surface area contributed by atoms with E-state index in [1.54, 1.807) is 0 Å². The molecule has 0 unspecified atom stereocenters. The number of thiophene rings is 1. The van der Waals surface area contributed by atoms with E-state index in [4.69, 9.17) is 0 Å². The van der Waals surface area contributed by atoms with Gasteiger partial charge in [-0.05, 0) is 29.7 Å². The third kappa shape index (κ3) is 3.15. The first-order valence-electron chi connectivity index (χ1n) is 5.22. The summed E-state index contributed by atoms with van der Waals surface area (Å²) in [7, 11) is 0. The highest BCUT2D eigenvalue weighted by Gasteiger charge is 2.18. The summed E-state index contributed by atoms with van der Waals surface area (Å²) in [4.78, 5) is 1.54. The lowest BCUT2D eigenvalue weighted by Crippen LogP contribution is -2.14. The molecular formula is C12H20S. The van der Waals surface area contributed by atoms with Crippen molar-refractivity contribution in [2.75, 3.05) is 0 Å². The highest BCUT2D eigenvalue weighted by Crippen LogP contribution is 2.31. The van der Waals surface area contributed by atoms with E-state index in [0.29, 0.717) is 5.41 Å². The Kier molecular flexibility index (Phi) is 3.98. The predicted octanol–water partition coefficient (Wildman–Crippen LogP) is 4.51. The van der Waals surface area contributed by atoms with Gasteiger partial charge in [-0.1, -0.05) is 39.7 Å². The first-order valence-corrected chi connectivity index (χ1v) is 6.10. The van der Waals surface area contributed by atoms with Crippen LogP contribution in [0.1, 0.15) is 44.9 Å². The van der Waals surface area contributed by atoms with Crippen LogP contribution in [0.25, 0.3) is 0 Å². The van der Waals surface area contributed by atoms with Gasteiger partial charge in [0.25, 0.3) is 0 Å². The van der Waals surface area contributed by atoms with Crippen LogP contribution in [0.15, 0.2) is 17.5 Å². The van der Waals surface area contributed by atoms with Gasteiger partial charge in [-0.3, -0.25) is 0 Å². The van der Waals surface area contributed by atoms with E-state index in [1.165, 1.54) is 30.6 Å². The summed E-state index contributed by atoms with van der Waals surface area (Å²) in [6.45, 7) is 7.01. The van der Waals surface area contributed by atoms with Crippen molar-refractivity contribution >= 4 is 11.3 Å². The summed E-state index contributed by atoms with van der Waals surface area (Å²) in [6, 6.07) is 4.39. The maximum atomic E-state index is 2.40.